The second-order valence-corrected chi connectivity index (χ2v) is 3.60. The summed E-state index contributed by atoms with van der Waals surface area (Å²) in [7, 11) is 0. The van der Waals surface area contributed by atoms with Crippen LogP contribution in [0.5, 0.6) is 0 Å². The molecule has 0 aliphatic carbocycles. The number of aryl methyl sites for hydroxylation is 1. The van der Waals surface area contributed by atoms with Crippen molar-refractivity contribution in [1.29, 1.82) is 0 Å². The quantitative estimate of drug-likeness (QED) is 0.676. The number of hydrogen-bond donors (Lipinski definition) is 0. The highest BCUT2D eigenvalue weighted by atomic mass is 16.5. The van der Waals surface area contributed by atoms with Crippen LogP contribution in [0.4, 0.5) is 5.82 Å². The molecule has 0 saturated carbocycles. The number of hydrogen-bond acceptors (Lipinski definition) is 3. The number of pyridine rings is 1. The third-order valence-electron chi connectivity index (χ3n) is 2.50. The number of ether oxygens (including phenoxy) is 1. The molecule has 0 N–H and O–H groups in total. The van der Waals surface area contributed by atoms with Crippen LogP contribution in [0.15, 0.2) is 18.3 Å². The van der Waals surface area contributed by atoms with E-state index < -0.39 is 0 Å². The second kappa shape index (κ2) is 4.42. The third kappa shape index (κ3) is 2.04. The molecule has 1 aromatic heterocycles. The van der Waals surface area contributed by atoms with Gasteiger partial charge < -0.3 is 9.64 Å². The van der Waals surface area contributed by atoms with Crippen molar-refractivity contribution in [2.24, 2.45) is 0 Å². The van der Waals surface area contributed by atoms with Gasteiger partial charge in [-0.3, -0.25) is 0 Å². The minimum atomic E-state index is 0.815. The first-order chi connectivity index (χ1) is 6.88. The molecule has 14 heavy (non-hydrogen) atoms. The average molecular weight is 192 g/mol. The Morgan fingerprint density at radius 3 is 3.14 bits per heavy atom. The summed E-state index contributed by atoms with van der Waals surface area (Å²) in [6, 6.07) is 4.08. The monoisotopic (exact) mass is 192 g/mol. The predicted molar refractivity (Wildman–Crippen MR) is 56.6 cm³/mol. The fourth-order valence-electron chi connectivity index (χ4n) is 1.77. The van der Waals surface area contributed by atoms with Crippen molar-refractivity contribution in [2.45, 2.75) is 13.3 Å². The molecule has 1 fully saturated rings. The van der Waals surface area contributed by atoms with Gasteiger partial charge in [-0.1, -0.05) is 6.07 Å². The van der Waals surface area contributed by atoms with Gasteiger partial charge in [0.2, 0.25) is 0 Å². The molecule has 76 valence electrons. The van der Waals surface area contributed by atoms with Gasteiger partial charge >= 0.3 is 0 Å². The van der Waals surface area contributed by atoms with Gasteiger partial charge in [0.25, 0.3) is 0 Å². The zero-order valence-electron chi connectivity index (χ0n) is 8.57. The van der Waals surface area contributed by atoms with Crippen LogP contribution in [0.25, 0.3) is 0 Å². The lowest BCUT2D eigenvalue weighted by Gasteiger charge is -2.22. The van der Waals surface area contributed by atoms with Crippen molar-refractivity contribution in [2.75, 3.05) is 31.2 Å². The van der Waals surface area contributed by atoms with Crippen molar-refractivity contribution < 1.29 is 4.74 Å². The largest absolute Gasteiger partial charge is 0.380 e. The first kappa shape index (κ1) is 9.46. The van der Waals surface area contributed by atoms with E-state index in [2.05, 4.69) is 22.9 Å². The third-order valence-corrected chi connectivity index (χ3v) is 2.50. The van der Waals surface area contributed by atoms with E-state index in [1.54, 1.807) is 0 Å². The van der Waals surface area contributed by atoms with Crippen LogP contribution in [0, 0.1) is 6.92 Å². The second-order valence-electron chi connectivity index (χ2n) is 3.60. The van der Waals surface area contributed by atoms with E-state index in [4.69, 9.17) is 4.74 Å². The van der Waals surface area contributed by atoms with E-state index in [9.17, 15) is 0 Å². The lowest BCUT2D eigenvalue weighted by molar-refractivity contribution is 0.152. The van der Waals surface area contributed by atoms with Crippen LogP contribution in [0.2, 0.25) is 0 Å². The highest BCUT2D eigenvalue weighted by Gasteiger charge is 2.12. The standard InChI is InChI=1S/C11H16N2O/c1-10-4-2-5-12-11(10)13-6-3-8-14-9-7-13/h2,4-5H,3,6-9H2,1H3. The van der Waals surface area contributed by atoms with Crippen molar-refractivity contribution in [1.82, 2.24) is 4.98 Å². The summed E-state index contributed by atoms with van der Waals surface area (Å²) >= 11 is 0. The molecule has 0 bridgehead atoms. The van der Waals surface area contributed by atoms with Crippen LogP contribution in [-0.2, 0) is 4.74 Å². The van der Waals surface area contributed by atoms with Crippen molar-refractivity contribution in [3.63, 3.8) is 0 Å². The lowest BCUT2D eigenvalue weighted by atomic mass is 10.2. The van der Waals surface area contributed by atoms with Crippen molar-refractivity contribution in [3.05, 3.63) is 23.9 Å². The molecule has 1 saturated heterocycles. The van der Waals surface area contributed by atoms with E-state index in [0.717, 1.165) is 38.5 Å². The normalized spacial score (nSPS) is 17.9. The summed E-state index contributed by atoms with van der Waals surface area (Å²) in [4.78, 5) is 6.72. The Morgan fingerprint density at radius 2 is 2.29 bits per heavy atom. The topological polar surface area (TPSA) is 25.4 Å². The minimum Gasteiger partial charge on any atom is -0.380 e. The summed E-state index contributed by atoms with van der Waals surface area (Å²) in [6.07, 6.45) is 2.95. The Morgan fingerprint density at radius 1 is 1.36 bits per heavy atom. The molecule has 0 amide bonds. The molecule has 1 aromatic rings. The fraction of sp³-hybridized carbons (Fsp3) is 0.545. The van der Waals surface area contributed by atoms with Gasteiger partial charge in [0.1, 0.15) is 5.82 Å². The van der Waals surface area contributed by atoms with E-state index in [0.29, 0.717) is 0 Å². The zero-order valence-corrected chi connectivity index (χ0v) is 8.57. The molecule has 0 aromatic carbocycles. The van der Waals surface area contributed by atoms with E-state index in [1.807, 2.05) is 12.3 Å². The smallest absolute Gasteiger partial charge is 0.131 e. The molecule has 1 aliphatic rings. The number of aromatic nitrogens is 1. The van der Waals surface area contributed by atoms with E-state index in [-0.39, 0.29) is 0 Å². The van der Waals surface area contributed by atoms with Gasteiger partial charge in [-0.2, -0.15) is 0 Å². The molecule has 2 heterocycles. The minimum absolute atomic E-state index is 0.815. The number of nitrogens with zero attached hydrogens (tertiary/aromatic N) is 2. The molecule has 0 radical (unpaired) electrons. The lowest BCUT2D eigenvalue weighted by Crippen LogP contribution is -2.27. The maximum Gasteiger partial charge on any atom is 0.131 e. The summed E-state index contributed by atoms with van der Waals surface area (Å²) in [5.41, 5.74) is 1.24. The number of anilines is 1. The molecule has 1 aliphatic heterocycles. The summed E-state index contributed by atoms with van der Waals surface area (Å²) in [5.74, 6) is 1.11. The highest BCUT2D eigenvalue weighted by molar-refractivity contribution is 5.45. The van der Waals surface area contributed by atoms with Crippen LogP contribution in [0.1, 0.15) is 12.0 Å². The Bertz CT molecular complexity index is 293. The van der Waals surface area contributed by atoms with Gasteiger partial charge in [0.15, 0.2) is 0 Å². The molecule has 0 unspecified atom stereocenters. The molecule has 0 atom stereocenters. The highest BCUT2D eigenvalue weighted by Crippen LogP contribution is 2.16. The van der Waals surface area contributed by atoms with Crippen molar-refractivity contribution in [3.8, 4) is 0 Å². The van der Waals surface area contributed by atoms with E-state index >= 15 is 0 Å². The maximum atomic E-state index is 5.42. The van der Waals surface area contributed by atoms with Crippen LogP contribution >= 0.6 is 0 Å². The Hall–Kier alpha value is -1.09. The average Bonchev–Trinajstić information content (AvgIpc) is 2.47. The van der Waals surface area contributed by atoms with Gasteiger partial charge in [-0.15, -0.1) is 0 Å². The Balaban J connectivity index is 2.16. The van der Waals surface area contributed by atoms with Gasteiger partial charge in [0.05, 0.1) is 6.61 Å². The molecule has 3 heteroatoms. The van der Waals surface area contributed by atoms with Crippen molar-refractivity contribution >= 4 is 5.82 Å². The number of rotatable bonds is 1. The summed E-state index contributed by atoms with van der Waals surface area (Å²) in [5, 5.41) is 0. The first-order valence-corrected chi connectivity index (χ1v) is 5.12. The zero-order chi connectivity index (χ0) is 9.80. The van der Waals surface area contributed by atoms with Gasteiger partial charge in [0, 0.05) is 25.9 Å². The van der Waals surface area contributed by atoms with Crippen LogP contribution in [0.3, 0.4) is 0 Å². The maximum absolute atomic E-state index is 5.42. The van der Waals surface area contributed by atoms with E-state index in [1.165, 1.54) is 5.56 Å². The molecule has 2 rings (SSSR count). The Kier molecular flexibility index (Phi) is 2.99. The molecule has 0 spiro atoms. The predicted octanol–water partition coefficient (Wildman–Crippen LogP) is 1.62. The van der Waals surface area contributed by atoms with Crippen LogP contribution in [-0.4, -0.2) is 31.3 Å². The molecular formula is C11H16N2O. The SMILES string of the molecule is Cc1cccnc1N1CCCOCC1. The summed E-state index contributed by atoms with van der Waals surface area (Å²) in [6.45, 7) is 5.81. The van der Waals surface area contributed by atoms with Gasteiger partial charge in [-0.25, -0.2) is 4.98 Å². The fourth-order valence-corrected chi connectivity index (χ4v) is 1.77. The molecule has 3 nitrogen and oxygen atoms in total. The van der Waals surface area contributed by atoms with Crippen LogP contribution < -0.4 is 4.90 Å². The molecular weight excluding hydrogens is 176 g/mol. The first-order valence-electron chi connectivity index (χ1n) is 5.12. The Labute approximate surface area is 84.7 Å². The van der Waals surface area contributed by atoms with Gasteiger partial charge in [-0.05, 0) is 25.0 Å². The summed E-state index contributed by atoms with van der Waals surface area (Å²) < 4.78 is 5.42.